The normalized spacial score (nSPS) is 10.3. The molecule has 0 fully saturated rings. The highest BCUT2D eigenvalue weighted by atomic mass is 79.9. The van der Waals surface area contributed by atoms with Gasteiger partial charge in [0.2, 0.25) is 0 Å². The van der Waals surface area contributed by atoms with E-state index in [9.17, 15) is 0 Å². The molecule has 2 rings (SSSR count). The molecule has 0 spiro atoms. The number of hydrogen-bond donors (Lipinski definition) is 0. The van der Waals surface area contributed by atoms with Gasteiger partial charge in [-0.3, -0.25) is 0 Å². The second-order valence-electron chi connectivity index (χ2n) is 2.97. The zero-order valence-electron chi connectivity index (χ0n) is 7.55. The van der Waals surface area contributed by atoms with E-state index in [1.807, 2.05) is 24.3 Å². The van der Waals surface area contributed by atoms with Crippen LogP contribution in [-0.2, 0) is 0 Å². The maximum atomic E-state index is 5.93. The number of nitrogens with zero attached hydrogens (tertiary/aromatic N) is 1. The van der Waals surface area contributed by atoms with Gasteiger partial charge in [0.25, 0.3) is 0 Å². The van der Waals surface area contributed by atoms with Crippen molar-refractivity contribution in [3.05, 3.63) is 51.0 Å². The second kappa shape index (κ2) is 4.52. The Morgan fingerprint density at radius 3 is 2.47 bits per heavy atom. The molecule has 76 valence electrons. The van der Waals surface area contributed by atoms with E-state index in [0.29, 0.717) is 10.0 Å². The van der Waals surface area contributed by atoms with Gasteiger partial charge in [-0.2, -0.15) is 0 Å². The third kappa shape index (κ3) is 2.51. The van der Waals surface area contributed by atoms with Gasteiger partial charge in [-0.05, 0) is 40.2 Å². The van der Waals surface area contributed by atoms with E-state index < -0.39 is 0 Å². The number of rotatable bonds is 1. The van der Waals surface area contributed by atoms with Gasteiger partial charge >= 0.3 is 0 Å². The molecule has 1 aromatic heterocycles. The van der Waals surface area contributed by atoms with Crippen LogP contribution in [-0.4, -0.2) is 4.98 Å². The third-order valence-corrected chi connectivity index (χ3v) is 3.11. The predicted molar refractivity (Wildman–Crippen MR) is 67.4 cm³/mol. The van der Waals surface area contributed by atoms with E-state index in [1.165, 1.54) is 0 Å². The van der Waals surface area contributed by atoms with Crippen LogP contribution < -0.4 is 0 Å². The van der Waals surface area contributed by atoms with Crippen LogP contribution in [0.2, 0.25) is 10.0 Å². The molecule has 0 aliphatic carbocycles. The first-order valence-electron chi connectivity index (χ1n) is 4.25. The smallest absolute Gasteiger partial charge is 0.106 e. The van der Waals surface area contributed by atoms with E-state index >= 15 is 0 Å². The van der Waals surface area contributed by atoms with Crippen LogP contribution in [0.15, 0.2) is 41.0 Å². The van der Waals surface area contributed by atoms with Crippen molar-refractivity contribution in [1.82, 2.24) is 4.98 Å². The maximum absolute atomic E-state index is 5.93. The third-order valence-electron chi connectivity index (χ3n) is 1.93. The number of benzene rings is 1. The molecule has 2 aromatic rings. The van der Waals surface area contributed by atoms with Crippen molar-refractivity contribution in [3.8, 4) is 11.3 Å². The zero-order valence-corrected chi connectivity index (χ0v) is 10.6. The Morgan fingerprint density at radius 1 is 1.00 bits per heavy atom. The average molecular weight is 303 g/mol. The van der Waals surface area contributed by atoms with Crippen molar-refractivity contribution < 1.29 is 0 Å². The van der Waals surface area contributed by atoms with Crippen molar-refractivity contribution in [2.75, 3.05) is 0 Å². The first kappa shape index (κ1) is 10.9. The molecule has 0 amide bonds. The van der Waals surface area contributed by atoms with Crippen molar-refractivity contribution in [2.24, 2.45) is 0 Å². The Balaban J connectivity index is 2.50. The molecule has 0 aliphatic heterocycles. The molecular formula is C11H6BrCl2N. The summed E-state index contributed by atoms with van der Waals surface area (Å²) in [5.41, 5.74) is 1.81. The fraction of sp³-hybridized carbons (Fsp3) is 0. The molecule has 1 nitrogen and oxygen atoms in total. The molecular weight excluding hydrogens is 297 g/mol. The Labute approximate surface area is 106 Å². The topological polar surface area (TPSA) is 12.9 Å². The van der Waals surface area contributed by atoms with Crippen LogP contribution in [0.3, 0.4) is 0 Å². The Morgan fingerprint density at radius 2 is 1.80 bits per heavy atom. The molecule has 1 aromatic carbocycles. The molecule has 0 atom stereocenters. The molecule has 4 heteroatoms. The van der Waals surface area contributed by atoms with Gasteiger partial charge in [-0.15, -0.1) is 0 Å². The van der Waals surface area contributed by atoms with Gasteiger partial charge in [0.05, 0.1) is 15.7 Å². The monoisotopic (exact) mass is 301 g/mol. The number of pyridine rings is 1. The zero-order chi connectivity index (χ0) is 10.8. The van der Waals surface area contributed by atoms with Crippen LogP contribution in [0.4, 0.5) is 0 Å². The van der Waals surface area contributed by atoms with Crippen LogP contribution >= 0.6 is 39.1 Å². The summed E-state index contributed by atoms with van der Waals surface area (Å²) in [6, 6.07) is 11.2. The Kier molecular flexibility index (Phi) is 3.29. The van der Waals surface area contributed by atoms with Crippen molar-refractivity contribution >= 4 is 39.1 Å². The van der Waals surface area contributed by atoms with E-state index in [4.69, 9.17) is 23.2 Å². The summed E-state index contributed by atoms with van der Waals surface area (Å²) >= 11 is 15.1. The Bertz CT molecular complexity index is 500. The lowest BCUT2D eigenvalue weighted by molar-refractivity contribution is 1.28. The summed E-state index contributed by atoms with van der Waals surface area (Å²) in [5, 5.41) is 1.09. The molecule has 0 aliphatic rings. The van der Waals surface area contributed by atoms with E-state index in [2.05, 4.69) is 20.9 Å². The quantitative estimate of drug-likeness (QED) is 0.688. The highest BCUT2D eigenvalue weighted by Gasteiger charge is 2.03. The van der Waals surface area contributed by atoms with Crippen LogP contribution in [0.1, 0.15) is 0 Å². The molecule has 15 heavy (non-hydrogen) atoms. The minimum atomic E-state index is 0.538. The predicted octanol–water partition coefficient (Wildman–Crippen LogP) is 4.82. The van der Waals surface area contributed by atoms with Crippen molar-refractivity contribution in [1.29, 1.82) is 0 Å². The number of halogens is 3. The van der Waals surface area contributed by atoms with Gasteiger partial charge < -0.3 is 0 Å². The van der Waals surface area contributed by atoms with Gasteiger partial charge in [0, 0.05) is 5.56 Å². The molecule has 1 heterocycles. The molecule has 0 unspecified atom stereocenters. The van der Waals surface area contributed by atoms with Crippen LogP contribution in [0, 0.1) is 0 Å². The van der Waals surface area contributed by atoms with Gasteiger partial charge in [0.15, 0.2) is 0 Å². The highest BCUT2D eigenvalue weighted by Crippen LogP contribution is 2.27. The summed E-state index contributed by atoms with van der Waals surface area (Å²) in [4.78, 5) is 4.33. The minimum absolute atomic E-state index is 0.538. The van der Waals surface area contributed by atoms with Crippen LogP contribution in [0.25, 0.3) is 11.3 Å². The van der Waals surface area contributed by atoms with Gasteiger partial charge in [0.1, 0.15) is 4.60 Å². The number of hydrogen-bond acceptors (Lipinski definition) is 1. The van der Waals surface area contributed by atoms with Crippen molar-refractivity contribution in [2.45, 2.75) is 0 Å². The molecule has 0 saturated carbocycles. The highest BCUT2D eigenvalue weighted by molar-refractivity contribution is 9.10. The fourth-order valence-electron chi connectivity index (χ4n) is 1.22. The lowest BCUT2D eigenvalue weighted by Gasteiger charge is -2.02. The molecule has 0 bridgehead atoms. The molecule has 0 saturated heterocycles. The number of aromatic nitrogens is 1. The van der Waals surface area contributed by atoms with E-state index in [-0.39, 0.29) is 0 Å². The second-order valence-corrected chi connectivity index (χ2v) is 4.60. The Hall–Kier alpha value is -0.570. The van der Waals surface area contributed by atoms with Crippen molar-refractivity contribution in [3.63, 3.8) is 0 Å². The van der Waals surface area contributed by atoms with Crippen LogP contribution in [0.5, 0.6) is 0 Å². The SMILES string of the molecule is Clc1ccc(-c2cccc(Br)n2)cc1Cl. The first-order valence-corrected chi connectivity index (χ1v) is 5.80. The maximum Gasteiger partial charge on any atom is 0.106 e. The molecule has 0 radical (unpaired) electrons. The largest absolute Gasteiger partial charge is 0.241 e. The lowest BCUT2D eigenvalue weighted by atomic mass is 10.1. The fourth-order valence-corrected chi connectivity index (χ4v) is 1.87. The minimum Gasteiger partial charge on any atom is -0.241 e. The molecule has 0 N–H and O–H groups in total. The summed E-state index contributed by atoms with van der Waals surface area (Å²) < 4.78 is 0.797. The summed E-state index contributed by atoms with van der Waals surface area (Å²) in [6.45, 7) is 0. The average Bonchev–Trinajstić information content (AvgIpc) is 2.22. The summed E-state index contributed by atoms with van der Waals surface area (Å²) in [6.07, 6.45) is 0. The summed E-state index contributed by atoms with van der Waals surface area (Å²) in [5.74, 6) is 0. The standard InChI is InChI=1S/C11H6BrCl2N/c12-11-3-1-2-10(15-11)7-4-5-8(13)9(14)6-7/h1-6H. The lowest BCUT2D eigenvalue weighted by Crippen LogP contribution is -1.83. The first-order chi connectivity index (χ1) is 7.16. The van der Waals surface area contributed by atoms with Gasteiger partial charge in [-0.1, -0.05) is 35.3 Å². The van der Waals surface area contributed by atoms with E-state index in [0.717, 1.165) is 15.9 Å². The summed E-state index contributed by atoms with van der Waals surface area (Å²) in [7, 11) is 0. The van der Waals surface area contributed by atoms with Gasteiger partial charge in [-0.25, -0.2) is 4.98 Å². The van der Waals surface area contributed by atoms with E-state index in [1.54, 1.807) is 12.1 Å².